The molecule has 1 saturated heterocycles. The van der Waals surface area contributed by atoms with Crippen LogP contribution < -0.4 is 4.90 Å². The van der Waals surface area contributed by atoms with Crippen LogP contribution in [0.2, 0.25) is 0 Å². The summed E-state index contributed by atoms with van der Waals surface area (Å²) < 4.78 is 13.0. The summed E-state index contributed by atoms with van der Waals surface area (Å²) >= 11 is 0. The summed E-state index contributed by atoms with van der Waals surface area (Å²) in [6.07, 6.45) is 0.595. The van der Waals surface area contributed by atoms with Crippen molar-refractivity contribution >= 4 is 11.6 Å². The van der Waals surface area contributed by atoms with Crippen LogP contribution in [0.3, 0.4) is 0 Å². The minimum Gasteiger partial charge on any atom is -0.393 e. The van der Waals surface area contributed by atoms with E-state index in [4.69, 9.17) is 0 Å². The van der Waals surface area contributed by atoms with Crippen LogP contribution >= 0.6 is 0 Å². The number of aliphatic hydroxyl groups is 1. The molecule has 1 heterocycles. The Labute approximate surface area is 125 Å². The van der Waals surface area contributed by atoms with Crippen molar-refractivity contribution in [3.63, 3.8) is 0 Å². The fourth-order valence-electron chi connectivity index (χ4n) is 2.80. The quantitative estimate of drug-likeness (QED) is 0.902. The number of amides is 1. The molecule has 1 aliphatic rings. The lowest BCUT2D eigenvalue weighted by atomic mass is 10.0. The molecule has 1 fully saturated rings. The van der Waals surface area contributed by atoms with E-state index in [1.54, 1.807) is 24.0 Å². The molecule has 116 valence electrons. The van der Waals surface area contributed by atoms with Crippen LogP contribution in [0.25, 0.3) is 0 Å². The number of hydrogen-bond donors (Lipinski definition) is 1. The van der Waals surface area contributed by atoms with Crippen molar-refractivity contribution in [3.8, 4) is 0 Å². The van der Waals surface area contributed by atoms with Crippen LogP contribution in [0.5, 0.6) is 0 Å². The summed E-state index contributed by atoms with van der Waals surface area (Å²) in [5.41, 5.74) is 0.718. The van der Waals surface area contributed by atoms with Crippen LogP contribution in [-0.4, -0.2) is 48.2 Å². The van der Waals surface area contributed by atoms with Crippen molar-refractivity contribution in [2.24, 2.45) is 5.92 Å². The Morgan fingerprint density at radius 3 is 2.67 bits per heavy atom. The summed E-state index contributed by atoms with van der Waals surface area (Å²) in [5, 5.41) is 9.61. The first-order valence-corrected chi connectivity index (χ1v) is 7.47. The normalized spacial score (nSPS) is 20.5. The molecular formula is C16H23FN2O2. The zero-order valence-corrected chi connectivity index (χ0v) is 12.6. The number of carbonyl (C=O) groups is 1. The highest BCUT2D eigenvalue weighted by atomic mass is 19.1. The third kappa shape index (κ3) is 4.02. The highest BCUT2D eigenvalue weighted by molar-refractivity contribution is 5.94. The fraction of sp³-hybridized carbons (Fsp3) is 0.562. The van der Waals surface area contributed by atoms with Gasteiger partial charge in [-0.15, -0.1) is 0 Å². The lowest BCUT2D eigenvalue weighted by Gasteiger charge is -2.24. The van der Waals surface area contributed by atoms with Crippen molar-refractivity contribution in [1.82, 2.24) is 4.90 Å². The lowest BCUT2D eigenvalue weighted by molar-refractivity contribution is -0.119. The summed E-state index contributed by atoms with van der Waals surface area (Å²) in [7, 11) is 0. The highest BCUT2D eigenvalue weighted by Crippen LogP contribution is 2.20. The minimum absolute atomic E-state index is 0.00958. The Morgan fingerprint density at radius 2 is 2.14 bits per heavy atom. The second-order valence-corrected chi connectivity index (χ2v) is 5.64. The van der Waals surface area contributed by atoms with Gasteiger partial charge in [0, 0.05) is 18.8 Å². The molecule has 1 aromatic rings. The Morgan fingerprint density at radius 1 is 1.48 bits per heavy atom. The van der Waals surface area contributed by atoms with Crippen LogP contribution in [0.1, 0.15) is 20.3 Å². The van der Waals surface area contributed by atoms with Gasteiger partial charge in [0.1, 0.15) is 5.82 Å². The van der Waals surface area contributed by atoms with Crippen molar-refractivity contribution in [2.75, 3.05) is 31.1 Å². The van der Waals surface area contributed by atoms with Crippen molar-refractivity contribution < 1.29 is 14.3 Å². The van der Waals surface area contributed by atoms with Gasteiger partial charge in [0.05, 0.1) is 12.6 Å². The van der Waals surface area contributed by atoms with E-state index in [1.165, 1.54) is 12.1 Å². The zero-order valence-electron chi connectivity index (χ0n) is 12.6. The number of aliphatic hydroxyl groups excluding tert-OH is 1. The van der Waals surface area contributed by atoms with E-state index in [0.29, 0.717) is 13.1 Å². The molecule has 0 aliphatic carbocycles. The Bertz CT molecular complexity index is 476. The van der Waals surface area contributed by atoms with E-state index in [0.717, 1.165) is 25.2 Å². The molecule has 2 atom stereocenters. The van der Waals surface area contributed by atoms with Gasteiger partial charge in [-0.3, -0.25) is 9.69 Å². The number of carbonyl (C=O) groups excluding carboxylic acids is 1. The van der Waals surface area contributed by atoms with E-state index in [1.807, 2.05) is 6.92 Å². The maximum absolute atomic E-state index is 13.0. The van der Waals surface area contributed by atoms with E-state index < -0.39 is 0 Å². The number of likely N-dealkylation sites (tertiary alicyclic amines) is 1. The van der Waals surface area contributed by atoms with Gasteiger partial charge in [-0.2, -0.15) is 0 Å². The first-order chi connectivity index (χ1) is 10.0. The summed E-state index contributed by atoms with van der Waals surface area (Å²) in [5.74, 6) is -0.0457. The second-order valence-electron chi connectivity index (χ2n) is 5.64. The molecule has 1 N–H and O–H groups in total. The number of nitrogens with zero attached hydrogens (tertiary/aromatic N) is 2. The highest BCUT2D eigenvalue weighted by Gasteiger charge is 2.28. The Hall–Kier alpha value is -1.46. The largest absolute Gasteiger partial charge is 0.393 e. The van der Waals surface area contributed by atoms with Crippen molar-refractivity contribution in [1.29, 1.82) is 0 Å². The third-order valence-corrected chi connectivity index (χ3v) is 4.11. The predicted molar refractivity (Wildman–Crippen MR) is 80.7 cm³/mol. The van der Waals surface area contributed by atoms with E-state index in [-0.39, 0.29) is 23.7 Å². The van der Waals surface area contributed by atoms with E-state index in [9.17, 15) is 14.3 Å². The smallest absolute Gasteiger partial charge is 0.241 e. The van der Waals surface area contributed by atoms with Gasteiger partial charge in [-0.1, -0.05) is 0 Å². The first kappa shape index (κ1) is 15.9. The van der Waals surface area contributed by atoms with Crippen LogP contribution in [-0.2, 0) is 4.79 Å². The SMILES string of the molecule is CCN(C(=O)CN1CCC(C(C)O)C1)c1ccc(F)cc1. The fourth-order valence-corrected chi connectivity index (χ4v) is 2.80. The van der Waals surface area contributed by atoms with E-state index >= 15 is 0 Å². The molecule has 1 aromatic carbocycles. The maximum atomic E-state index is 13.0. The maximum Gasteiger partial charge on any atom is 0.241 e. The molecule has 0 saturated carbocycles. The number of anilines is 1. The molecule has 0 aromatic heterocycles. The van der Waals surface area contributed by atoms with Gasteiger partial charge in [-0.25, -0.2) is 4.39 Å². The third-order valence-electron chi connectivity index (χ3n) is 4.11. The predicted octanol–water partition coefficient (Wildman–Crippen LogP) is 1.88. The van der Waals surface area contributed by atoms with Crippen LogP contribution in [0, 0.1) is 11.7 Å². The average molecular weight is 294 g/mol. The molecule has 1 amide bonds. The molecule has 4 nitrogen and oxygen atoms in total. The summed E-state index contributed by atoms with van der Waals surface area (Å²) in [6, 6.07) is 5.98. The molecule has 0 spiro atoms. The van der Waals surface area contributed by atoms with Gasteiger partial charge in [0.15, 0.2) is 0 Å². The number of hydrogen-bond acceptors (Lipinski definition) is 3. The number of halogens is 1. The molecule has 0 radical (unpaired) electrons. The van der Waals surface area contributed by atoms with Gasteiger partial charge < -0.3 is 10.0 Å². The number of likely N-dealkylation sites (N-methyl/N-ethyl adjacent to an activating group) is 1. The van der Waals surface area contributed by atoms with Crippen molar-refractivity contribution in [2.45, 2.75) is 26.4 Å². The summed E-state index contributed by atoms with van der Waals surface area (Å²) in [4.78, 5) is 16.2. The molecule has 21 heavy (non-hydrogen) atoms. The van der Waals surface area contributed by atoms with Gasteiger partial charge in [0.2, 0.25) is 5.91 Å². The molecular weight excluding hydrogens is 271 g/mol. The second kappa shape index (κ2) is 7.00. The first-order valence-electron chi connectivity index (χ1n) is 7.47. The Balaban J connectivity index is 1.96. The minimum atomic E-state index is -0.329. The van der Waals surface area contributed by atoms with Crippen LogP contribution in [0.4, 0.5) is 10.1 Å². The standard InChI is InChI=1S/C16H23FN2O2/c1-3-19(15-6-4-14(17)5-7-15)16(21)11-18-9-8-13(10-18)12(2)20/h4-7,12-13,20H,3,8-11H2,1-2H3. The van der Waals surface area contributed by atoms with E-state index in [2.05, 4.69) is 4.90 Å². The monoisotopic (exact) mass is 294 g/mol. The number of rotatable bonds is 5. The lowest BCUT2D eigenvalue weighted by Crippen LogP contribution is -2.40. The zero-order chi connectivity index (χ0) is 15.4. The van der Waals surface area contributed by atoms with Crippen molar-refractivity contribution in [3.05, 3.63) is 30.1 Å². The Kier molecular flexibility index (Phi) is 5.31. The molecule has 2 unspecified atom stereocenters. The van der Waals surface area contributed by atoms with Gasteiger partial charge in [0.25, 0.3) is 0 Å². The van der Waals surface area contributed by atoms with Crippen LogP contribution in [0.15, 0.2) is 24.3 Å². The average Bonchev–Trinajstić information content (AvgIpc) is 2.90. The molecule has 2 rings (SSSR count). The summed E-state index contributed by atoms with van der Waals surface area (Å²) in [6.45, 7) is 6.19. The molecule has 0 bridgehead atoms. The molecule has 5 heteroatoms. The van der Waals surface area contributed by atoms with Gasteiger partial charge >= 0.3 is 0 Å². The molecule has 1 aliphatic heterocycles. The topological polar surface area (TPSA) is 43.8 Å². The van der Waals surface area contributed by atoms with Gasteiger partial charge in [-0.05, 0) is 57.0 Å². The number of benzene rings is 1.